The molecular formula is C14H18BrN3O. The van der Waals surface area contributed by atoms with Crippen molar-refractivity contribution in [3.63, 3.8) is 0 Å². The number of nitrogens with two attached hydrogens (primary N) is 1. The Morgan fingerprint density at radius 1 is 1.42 bits per heavy atom. The fraction of sp³-hybridized carbons (Fsp3) is 0.357. The molecule has 19 heavy (non-hydrogen) atoms. The lowest BCUT2D eigenvalue weighted by atomic mass is 9.92. The quantitative estimate of drug-likeness (QED) is 0.518. The van der Waals surface area contributed by atoms with Gasteiger partial charge in [-0.3, -0.25) is 10.2 Å². The zero-order valence-corrected chi connectivity index (χ0v) is 12.9. The zero-order valence-electron chi connectivity index (χ0n) is 11.3. The molecular weight excluding hydrogens is 306 g/mol. The number of hydrogen-bond donors (Lipinski definition) is 2. The number of amides is 1. The summed E-state index contributed by atoms with van der Waals surface area (Å²) in [6.45, 7) is 6.39. The SMILES string of the molecule is Cc1c(Br)c2ccccc2n1CC(C)(C)C(=O)NN. The van der Waals surface area contributed by atoms with Crippen LogP contribution in [0.3, 0.4) is 0 Å². The second-order valence-electron chi connectivity index (χ2n) is 5.36. The summed E-state index contributed by atoms with van der Waals surface area (Å²) in [5.74, 6) is 5.08. The number of hydrazine groups is 1. The monoisotopic (exact) mass is 323 g/mol. The Bertz CT molecular complexity index is 631. The fourth-order valence-corrected chi connectivity index (χ4v) is 2.80. The van der Waals surface area contributed by atoms with Crippen molar-refractivity contribution >= 4 is 32.7 Å². The molecule has 2 rings (SSSR count). The van der Waals surface area contributed by atoms with E-state index in [9.17, 15) is 4.79 Å². The molecule has 102 valence electrons. The molecule has 0 spiro atoms. The Morgan fingerprint density at radius 3 is 2.68 bits per heavy atom. The minimum absolute atomic E-state index is 0.166. The maximum Gasteiger partial charge on any atom is 0.241 e. The molecule has 0 saturated carbocycles. The van der Waals surface area contributed by atoms with E-state index in [1.54, 1.807) is 0 Å². The number of aromatic nitrogens is 1. The topological polar surface area (TPSA) is 60.0 Å². The van der Waals surface area contributed by atoms with Gasteiger partial charge in [0.25, 0.3) is 0 Å². The molecule has 0 bridgehead atoms. The molecule has 3 N–H and O–H groups in total. The molecule has 0 saturated heterocycles. The normalized spacial score (nSPS) is 11.8. The third-order valence-corrected chi connectivity index (χ3v) is 4.45. The van der Waals surface area contributed by atoms with E-state index in [-0.39, 0.29) is 5.91 Å². The van der Waals surface area contributed by atoms with E-state index in [1.807, 2.05) is 32.9 Å². The number of nitrogens with one attached hydrogen (secondary N) is 1. The van der Waals surface area contributed by atoms with Crippen molar-refractivity contribution in [3.05, 3.63) is 34.4 Å². The van der Waals surface area contributed by atoms with Crippen LogP contribution in [0.5, 0.6) is 0 Å². The van der Waals surface area contributed by atoms with Gasteiger partial charge in [0, 0.05) is 27.6 Å². The van der Waals surface area contributed by atoms with Crippen LogP contribution < -0.4 is 11.3 Å². The summed E-state index contributed by atoms with van der Waals surface area (Å²) in [6, 6.07) is 8.14. The van der Waals surface area contributed by atoms with Crippen LogP contribution in [-0.2, 0) is 11.3 Å². The van der Waals surface area contributed by atoms with Gasteiger partial charge < -0.3 is 4.57 Å². The number of nitrogens with zero attached hydrogens (tertiary/aromatic N) is 1. The third kappa shape index (κ3) is 2.40. The molecule has 0 fully saturated rings. The smallest absolute Gasteiger partial charge is 0.241 e. The highest BCUT2D eigenvalue weighted by molar-refractivity contribution is 9.10. The first kappa shape index (κ1) is 14.1. The maximum atomic E-state index is 11.8. The minimum atomic E-state index is -0.569. The highest BCUT2D eigenvalue weighted by Gasteiger charge is 2.29. The average Bonchev–Trinajstić information content (AvgIpc) is 2.63. The van der Waals surface area contributed by atoms with Crippen LogP contribution in [0, 0.1) is 12.3 Å². The standard InChI is InChI=1S/C14H18BrN3O/c1-9-12(15)10-6-4-5-7-11(10)18(9)8-14(2,3)13(19)17-16/h4-7H,8,16H2,1-3H3,(H,17,19). The van der Waals surface area contributed by atoms with Crippen molar-refractivity contribution in [2.45, 2.75) is 27.3 Å². The molecule has 0 aliphatic rings. The molecule has 0 unspecified atom stereocenters. The number of para-hydroxylation sites is 1. The van der Waals surface area contributed by atoms with Crippen molar-refractivity contribution in [1.29, 1.82) is 0 Å². The molecule has 0 aliphatic carbocycles. The van der Waals surface area contributed by atoms with Gasteiger partial charge in [0.2, 0.25) is 5.91 Å². The Morgan fingerprint density at radius 2 is 2.05 bits per heavy atom. The van der Waals surface area contributed by atoms with Crippen LogP contribution in [0.2, 0.25) is 0 Å². The summed E-state index contributed by atoms with van der Waals surface area (Å²) in [7, 11) is 0. The minimum Gasteiger partial charge on any atom is -0.343 e. The fourth-order valence-electron chi connectivity index (χ4n) is 2.25. The molecule has 1 aromatic heterocycles. The van der Waals surface area contributed by atoms with Gasteiger partial charge in [0.05, 0.1) is 5.41 Å². The summed E-state index contributed by atoms with van der Waals surface area (Å²) in [6.07, 6.45) is 0. The Balaban J connectivity index is 2.52. The van der Waals surface area contributed by atoms with Crippen molar-refractivity contribution in [2.24, 2.45) is 11.3 Å². The van der Waals surface area contributed by atoms with Crippen molar-refractivity contribution in [1.82, 2.24) is 9.99 Å². The summed E-state index contributed by atoms with van der Waals surface area (Å²) in [4.78, 5) is 11.8. The van der Waals surface area contributed by atoms with Crippen LogP contribution in [0.1, 0.15) is 19.5 Å². The molecule has 0 radical (unpaired) electrons. The third-order valence-electron chi connectivity index (χ3n) is 3.45. The van der Waals surface area contributed by atoms with Gasteiger partial charge in [-0.1, -0.05) is 18.2 Å². The van der Waals surface area contributed by atoms with Gasteiger partial charge >= 0.3 is 0 Å². The highest BCUT2D eigenvalue weighted by atomic mass is 79.9. The summed E-state index contributed by atoms with van der Waals surface area (Å²) in [5, 5.41) is 1.16. The van der Waals surface area contributed by atoms with Crippen molar-refractivity contribution in [3.8, 4) is 0 Å². The number of hydrogen-bond acceptors (Lipinski definition) is 2. The number of carbonyl (C=O) groups excluding carboxylic acids is 1. The van der Waals surface area contributed by atoms with E-state index in [2.05, 4.69) is 38.1 Å². The predicted octanol–water partition coefficient (Wildman–Crippen LogP) is 2.73. The molecule has 4 nitrogen and oxygen atoms in total. The van der Waals surface area contributed by atoms with E-state index >= 15 is 0 Å². The molecule has 5 heteroatoms. The van der Waals surface area contributed by atoms with E-state index in [1.165, 1.54) is 0 Å². The number of carbonyl (C=O) groups is 1. The average molecular weight is 324 g/mol. The van der Waals surface area contributed by atoms with Gasteiger partial charge in [-0.25, -0.2) is 5.84 Å². The van der Waals surface area contributed by atoms with Crippen LogP contribution in [0.25, 0.3) is 10.9 Å². The second-order valence-corrected chi connectivity index (χ2v) is 6.15. The lowest BCUT2D eigenvalue weighted by molar-refractivity contribution is -0.130. The summed E-state index contributed by atoms with van der Waals surface area (Å²) < 4.78 is 3.22. The zero-order chi connectivity index (χ0) is 14.2. The first-order valence-corrected chi connectivity index (χ1v) is 6.92. The predicted molar refractivity (Wildman–Crippen MR) is 80.5 cm³/mol. The van der Waals surface area contributed by atoms with Crippen LogP contribution >= 0.6 is 15.9 Å². The Labute approximate surface area is 121 Å². The summed E-state index contributed by atoms with van der Waals surface area (Å²) in [5.41, 5.74) is 3.89. The number of rotatable bonds is 3. The molecule has 1 aromatic carbocycles. The van der Waals surface area contributed by atoms with E-state index in [4.69, 9.17) is 5.84 Å². The van der Waals surface area contributed by atoms with Gasteiger partial charge in [-0.05, 0) is 42.8 Å². The van der Waals surface area contributed by atoms with Gasteiger partial charge in [-0.2, -0.15) is 0 Å². The molecule has 2 aromatic rings. The van der Waals surface area contributed by atoms with E-state index < -0.39 is 5.41 Å². The van der Waals surface area contributed by atoms with Gasteiger partial charge in [-0.15, -0.1) is 0 Å². The van der Waals surface area contributed by atoms with E-state index in [0.717, 1.165) is 21.1 Å². The van der Waals surface area contributed by atoms with Crippen LogP contribution in [0.15, 0.2) is 28.7 Å². The maximum absolute atomic E-state index is 11.8. The number of benzene rings is 1. The van der Waals surface area contributed by atoms with Crippen LogP contribution in [0.4, 0.5) is 0 Å². The van der Waals surface area contributed by atoms with Crippen LogP contribution in [-0.4, -0.2) is 10.5 Å². The van der Waals surface area contributed by atoms with E-state index in [0.29, 0.717) is 6.54 Å². The summed E-state index contributed by atoms with van der Waals surface area (Å²) >= 11 is 3.62. The molecule has 0 atom stereocenters. The molecule has 1 heterocycles. The molecule has 1 amide bonds. The Kier molecular flexibility index (Phi) is 3.69. The van der Waals surface area contributed by atoms with Crippen molar-refractivity contribution in [2.75, 3.05) is 0 Å². The lowest BCUT2D eigenvalue weighted by Gasteiger charge is -2.24. The van der Waals surface area contributed by atoms with Gasteiger partial charge in [0.15, 0.2) is 0 Å². The first-order chi connectivity index (χ1) is 8.88. The number of halogens is 1. The number of fused-ring (bicyclic) bond motifs is 1. The first-order valence-electron chi connectivity index (χ1n) is 6.13. The highest BCUT2D eigenvalue weighted by Crippen LogP contribution is 2.32. The largest absolute Gasteiger partial charge is 0.343 e. The van der Waals surface area contributed by atoms with Gasteiger partial charge in [0.1, 0.15) is 0 Å². The second kappa shape index (κ2) is 4.98. The lowest BCUT2D eigenvalue weighted by Crippen LogP contribution is -2.43. The Hall–Kier alpha value is -1.33. The molecule has 0 aliphatic heterocycles. The van der Waals surface area contributed by atoms with Crippen molar-refractivity contribution < 1.29 is 4.79 Å².